The fourth-order valence-electron chi connectivity index (χ4n) is 2.52. The monoisotopic (exact) mass is 354 g/mol. The van der Waals surface area contributed by atoms with Gasteiger partial charge in [-0.05, 0) is 36.1 Å². The maximum Gasteiger partial charge on any atom is 0.345 e. The summed E-state index contributed by atoms with van der Waals surface area (Å²) >= 11 is 1.10. The van der Waals surface area contributed by atoms with Gasteiger partial charge in [-0.3, -0.25) is 0 Å². The van der Waals surface area contributed by atoms with Crippen molar-refractivity contribution in [1.29, 1.82) is 0 Å². The second-order valence-electron chi connectivity index (χ2n) is 6.11. The molecule has 0 aliphatic carbocycles. The molecule has 132 valence electrons. The molecule has 0 heterocycles. The topological polar surface area (TPSA) is 26.3 Å². The van der Waals surface area contributed by atoms with Gasteiger partial charge in [-0.2, -0.15) is 0 Å². The largest absolute Gasteiger partial charge is 0.383 e. The van der Waals surface area contributed by atoms with Crippen molar-refractivity contribution in [2.75, 3.05) is 0 Å². The highest BCUT2D eigenvalue weighted by atomic mass is 32.2. The van der Waals surface area contributed by atoms with E-state index in [2.05, 4.69) is 25.6 Å². The molecule has 0 atom stereocenters. The number of hydrogen-bond donors (Lipinski definition) is 0. The quantitative estimate of drug-likeness (QED) is 0.266. The Kier molecular flexibility index (Phi) is 8.33. The van der Waals surface area contributed by atoms with Gasteiger partial charge in [0.1, 0.15) is 0 Å². The Labute approximate surface area is 155 Å². The van der Waals surface area contributed by atoms with Crippen molar-refractivity contribution in [2.45, 2.75) is 50.3 Å². The number of hydrogen-bond acceptors (Lipinski definition) is 3. The van der Waals surface area contributed by atoms with E-state index < -0.39 is 0 Å². The molecule has 3 heteroatoms. The van der Waals surface area contributed by atoms with Gasteiger partial charge in [0.2, 0.25) is 0 Å². The van der Waals surface area contributed by atoms with E-state index in [9.17, 15) is 4.79 Å². The molecule has 0 radical (unpaired) electrons. The van der Waals surface area contributed by atoms with E-state index in [4.69, 9.17) is 4.18 Å². The molecule has 2 aromatic carbocycles. The number of carbonyl (C=O) groups is 1. The van der Waals surface area contributed by atoms with Gasteiger partial charge in [-0.1, -0.05) is 81.7 Å². The van der Waals surface area contributed by atoms with Crippen molar-refractivity contribution >= 4 is 18.0 Å². The van der Waals surface area contributed by atoms with Gasteiger partial charge >= 0.3 is 5.97 Å². The molecule has 0 fully saturated rings. The lowest BCUT2D eigenvalue weighted by Crippen LogP contribution is -2.02. The summed E-state index contributed by atoms with van der Waals surface area (Å²) in [6.07, 6.45) is 6.57. The molecule has 0 aliphatic rings. The SMILES string of the molecule is C=C(CCCCCCC)C(=O)OSc1ccc(-c2ccccc2)cc1. The second kappa shape index (κ2) is 10.8. The lowest BCUT2D eigenvalue weighted by Gasteiger charge is -2.06. The maximum atomic E-state index is 12.0. The summed E-state index contributed by atoms with van der Waals surface area (Å²) in [5.74, 6) is -0.312. The second-order valence-corrected chi connectivity index (χ2v) is 6.92. The minimum absolute atomic E-state index is 0.312. The summed E-state index contributed by atoms with van der Waals surface area (Å²) in [5.41, 5.74) is 2.88. The average molecular weight is 355 g/mol. The van der Waals surface area contributed by atoms with Gasteiger partial charge < -0.3 is 4.18 Å². The number of carbonyl (C=O) groups excluding carboxylic acids is 1. The van der Waals surface area contributed by atoms with E-state index in [1.807, 2.05) is 42.5 Å². The van der Waals surface area contributed by atoms with Crippen LogP contribution in [0.3, 0.4) is 0 Å². The molecule has 0 bridgehead atoms. The standard InChI is InChI=1S/C22H26O2S/c1-3-4-5-6-8-11-18(2)22(23)24-25-21-16-14-20(15-17-21)19-12-9-7-10-13-19/h7,9-10,12-17H,2-6,8,11H2,1H3. The average Bonchev–Trinajstić information content (AvgIpc) is 2.67. The Hall–Kier alpha value is -2.00. The lowest BCUT2D eigenvalue weighted by atomic mass is 10.1. The maximum absolute atomic E-state index is 12.0. The molecule has 25 heavy (non-hydrogen) atoms. The van der Waals surface area contributed by atoms with Gasteiger partial charge in [-0.15, -0.1) is 0 Å². The molecule has 0 amide bonds. The predicted molar refractivity (Wildman–Crippen MR) is 106 cm³/mol. The molecule has 0 aromatic heterocycles. The van der Waals surface area contributed by atoms with Crippen molar-refractivity contribution in [2.24, 2.45) is 0 Å². The van der Waals surface area contributed by atoms with Crippen LogP contribution in [0.5, 0.6) is 0 Å². The van der Waals surface area contributed by atoms with Crippen molar-refractivity contribution in [1.82, 2.24) is 0 Å². The summed E-state index contributed by atoms with van der Waals surface area (Å²) in [7, 11) is 0. The Balaban J connectivity index is 1.75. The number of unbranched alkanes of at least 4 members (excludes halogenated alkanes) is 4. The van der Waals surface area contributed by atoms with E-state index in [1.165, 1.54) is 24.8 Å². The van der Waals surface area contributed by atoms with Crippen molar-refractivity contribution in [3.05, 3.63) is 66.7 Å². The summed E-state index contributed by atoms with van der Waals surface area (Å²) in [5, 5.41) is 0. The molecule has 0 saturated heterocycles. The molecular formula is C22H26O2S. The van der Waals surface area contributed by atoms with Gasteiger partial charge in [0.25, 0.3) is 0 Å². The minimum Gasteiger partial charge on any atom is -0.383 e. The Morgan fingerprint density at radius 3 is 2.24 bits per heavy atom. The van der Waals surface area contributed by atoms with Crippen molar-refractivity contribution < 1.29 is 8.98 Å². The third-order valence-corrected chi connectivity index (χ3v) is 4.75. The first-order valence-corrected chi connectivity index (χ1v) is 9.67. The molecule has 0 N–H and O–H groups in total. The Bertz CT molecular complexity index is 662. The van der Waals surface area contributed by atoms with Crippen LogP contribution in [0.1, 0.15) is 45.4 Å². The van der Waals surface area contributed by atoms with Crippen molar-refractivity contribution in [3.8, 4) is 11.1 Å². The minimum atomic E-state index is -0.312. The van der Waals surface area contributed by atoms with Gasteiger partial charge in [0, 0.05) is 10.5 Å². The van der Waals surface area contributed by atoms with Gasteiger partial charge in [-0.25, -0.2) is 4.79 Å². The Morgan fingerprint density at radius 2 is 1.56 bits per heavy atom. The van der Waals surface area contributed by atoms with Crippen molar-refractivity contribution in [3.63, 3.8) is 0 Å². The molecule has 2 nitrogen and oxygen atoms in total. The van der Waals surface area contributed by atoms with E-state index in [0.717, 1.165) is 41.8 Å². The van der Waals surface area contributed by atoms with Crippen LogP contribution in [-0.4, -0.2) is 5.97 Å². The molecular weight excluding hydrogens is 328 g/mol. The first-order valence-electron chi connectivity index (χ1n) is 8.93. The van der Waals surface area contributed by atoms with E-state index >= 15 is 0 Å². The highest BCUT2D eigenvalue weighted by Gasteiger charge is 2.10. The summed E-state index contributed by atoms with van der Waals surface area (Å²) in [6.45, 7) is 6.04. The van der Waals surface area contributed by atoms with E-state index in [1.54, 1.807) is 0 Å². The van der Waals surface area contributed by atoms with Gasteiger partial charge in [0.15, 0.2) is 0 Å². The molecule has 0 spiro atoms. The third kappa shape index (κ3) is 6.79. The van der Waals surface area contributed by atoms with Crippen LogP contribution in [0.15, 0.2) is 71.6 Å². The lowest BCUT2D eigenvalue weighted by molar-refractivity contribution is -0.129. The predicted octanol–water partition coefficient (Wildman–Crippen LogP) is 6.82. The third-order valence-electron chi connectivity index (χ3n) is 4.05. The highest BCUT2D eigenvalue weighted by Crippen LogP contribution is 2.25. The zero-order valence-electron chi connectivity index (χ0n) is 14.9. The first-order chi connectivity index (χ1) is 12.2. The van der Waals surface area contributed by atoms with Crippen LogP contribution >= 0.6 is 12.0 Å². The Morgan fingerprint density at radius 1 is 0.920 bits per heavy atom. The van der Waals surface area contributed by atoms with E-state index in [0.29, 0.717) is 5.57 Å². The summed E-state index contributed by atoms with van der Waals surface area (Å²) in [6, 6.07) is 18.2. The molecule has 0 saturated carbocycles. The number of rotatable bonds is 10. The van der Waals surface area contributed by atoms with Gasteiger partial charge in [0.05, 0.1) is 12.0 Å². The highest BCUT2D eigenvalue weighted by molar-refractivity contribution is 7.95. The zero-order chi connectivity index (χ0) is 17.9. The normalized spacial score (nSPS) is 10.4. The summed E-state index contributed by atoms with van der Waals surface area (Å²) in [4.78, 5) is 12.9. The smallest absolute Gasteiger partial charge is 0.345 e. The first kappa shape index (κ1) is 19.3. The molecule has 0 unspecified atom stereocenters. The molecule has 2 rings (SSSR count). The summed E-state index contributed by atoms with van der Waals surface area (Å²) < 4.78 is 5.29. The van der Waals surface area contributed by atoms with Crippen LogP contribution in [0.25, 0.3) is 11.1 Å². The fourth-order valence-corrected chi connectivity index (χ4v) is 3.06. The van der Waals surface area contributed by atoms with E-state index in [-0.39, 0.29) is 5.97 Å². The molecule has 2 aromatic rings. The number of benzene rings is 2. The fraction of sp³-hybridized carbons (Fsp3) is 0.318. The van der Waals surface area contributed by atoms with Crippen LogP contribution in [0.4, 0.5) is 0 Å². The van der Waals surface area contributed by atoms with Crippen LogP contribution < -0.4 is 0 Å². The van der Waals surface area contributed by atoms with Crippen LogP contribution in [0, 0.1) is 0 Å². The van der Waals surface area contributed by atoms with Crippen LogP contribution in [-0.2, 0) is 8.98 Å². The zero-order valence-corrected chi connectivity index (χ0v) is 15.7. The molecule has 0 aliphatic heterocycles. The van der Waals surface area contributed by atoms with Crippen LogP contribution in [0.2, 0.25) is 0 Å².